The van der Waals surface area contributed by atoms with Gasteiger partial charge in [-0.1, -0.05) is 13.8 Å². The zero-order valence-electron chi connectivity index (χ0n) is 7.31. The molecule has 0 saturated carbocycles. The molecule has 0 aromatic carbocycles. The van der Waals surface area contributed by atoms with Crippen LogP contribution in [-0.4, -0.2) is 31.0 Å². The van der Waals surface area contributed by atoms with Gasteiger partial charge in [0.2, 0.25) is 0 Å². The monoisotopic (exact) mass is 163 g/mol. The summed E-state index contributed by atoms with van der Waals surface area (Å²) in [4.78, 5) is 0. The average Bonchev–Trinajstić information content (AvgIpc) is 1.97. The van der Waals surface area contributed by atoms with Crippen LogP contribution in [0.5, 0.6) is 0 Å². The second kappa shape index (κ2) is 6.55. The number of hydrogen-bond acceptors (Lipinski definition) is 2. The van der Waals surface area contributed by atoms with Crippen molar-refractivity contribution in [2.75, 3.05) is 19.8 Å². The molecule has 0 aliphatic carbocycles. The van der Waals surface area contributed by atoms with Crippen molar-refractivity contribution in [1.29, 1.82) is 0 Å². The van der Waals surface area contributed by atoms with Crippen LogP contribution in [0.1, 0.15) is 20.3 Å². The maximum Gasteiger partial charge on any atom is 0.0906 e. The third-order valence-corrected chi connectivity index (χ3v) is 1.61. The van der Waals surface area contributed by atoms with Crippen LogP contribution in [0.2, 0.25) is 0 Å². The molecule has 1 unspecified atom stereocenters. The lowest BCUT2D eigenvalue weighted by atomic mass is 10.1. The van der Waals surface area contributed by atoms with Crippen molar-refractivity contribution in [3.63, 3.8) is 0 Å². The van der Waals surface area contributed by atoms with E-state index in [0.717, 1.165) is 0 Å². The molecule has 0 rings (SSSR count). The molecule has 68 valence electrons. The van der Waals surface area contributed by atoms with Crippen molar-refractivity contribution in [1.82, 2.24) is 5.32 Å². The molecule has 11 heavy (non-hydrogen) atoms. The van der Waals surface area contributed by atoms with Gasteiger partial charge in [-0.15, -0.1) is 0 Å². The quantitative estimate of drug-likeness (QED) is 0.571. The first kappa shape index (κ1) is 10.8. The molecule has 0 aromatic heterocycles. The van der Waals surface area contributed by atoms with Crippen molar-refractivity contribution in [3.8, 4) is 0 Å². The number of aliphatic hydroxyl groups is 1. The van der Waals surface area contributed by atoms with E-state index in [-0.39, 0.29) is 18.7 Å². The maximum atomic E-state index is 11.6. The van der Waals surface area contributed by atoms with Crippen molar-refractivity contribution in [2.24, 2.45) is 5.92 Å². The molecule has 0 heterocycles. The van der Waals surface area contributed by atoms with Crippen molar-refractivity contribution in [2.45, 2.75) is 26.4 Å². The third-order valence-electron chi connectivity index (χ3n) is 1.61. The molecular weight excluding hydrogens is 145 g/mol. The Bertz CT molecular complexity index is 88.2. The van der Waals surface area contributed by atoms with E-state index in [1.165, 1.54) is 0 Å². The molecule has 0 aliphatic rings. The lowest BCUT2D eigenvalue weighted by Gasteiger charge is -2.14. The van der Waals surface area contributed by atoms with E-state index in [4.69, 9.17) is 0 Å². The highest BCUT2D eigenvalue weighted by molar-refractivity contribution is 4.62. The molecule has 0 saturated heterocycles. The molecule has 0 bridgehead atoms. The zero-order valence-corrected chi connectivity index (χ0v) is 7.31. The van der Waals surface area contributed by atoms with Crippen molar-refractivity contribution < 1.29 is 9.50 Å². The first-order chi connectivity index (χ1) is 5.18. The van der Waals surface area contributed by atoms with Crippen molar-refractivity contribution in [3.05, 3.63) is 0 Å². The van der Waals surface area contributed by atoms with E-state index in [1.807, 2.05) is 13.8 Å². The number of halogens is 1. The zero-order chi connectivity index (χ0) is 8.69. The third kappa shape index (κ3) is 6.26. The van der Waals surface area contributed by atoms with Crippen molar-refractivity contribution >= 4 is 0 Å². The molecule has 0 aliphatic heterocycles. The van der Waals surface area contributed by atoms with Gasteiger partial charge in [0.1, 0.15) is 0 Å². The Hall–Kier alpha value is -0.150. The van der Waals surface area contributed by atoms with Crippen LogP contribution >= 0.6 is 0 Å². The van der Waals surface area contributed by atoms with E-state index in [9.17, 15) is 9.50 Å². The molecule has 0 radical (unpaired) electrons. The highest BCUT2D eigenvalue weighted by atomic mass is 19.1. The fourth-order valence-electron chi connectivity index (χ4n) is 0.677. The van der Waals surface area contributed by atoms with E-state index in [1.54, 1.807) is 0 Å². The Morgan fingerprint density at radius 1 is 1.45 bits per heavy atom. The summed E-state index contributed by atoms with van der Waals surface area (Å²) < 4.78 is 11.6. The molecule has 3 heteroatoms. The molecule has 0 amide bonds. The minimum absolute atomic E-state index is 0.271. The van der Waals surface area contributed by atoms with Gasteiger partial charge in [0, 0.05) is 6.54 Å². The van der Waals surface area contributed by atoms with Gasteiger partial charge in [-0.2, -0.15) is 0 Å². The van der Waals surface area contributed by atoms with Gasteiger partial charge >= 0.3 is 0 Å². The minimum atomic E-state index is -0.311. The van der Waals surface area contributed by atoms with Gasteiger partial charge in [-0.05, 0) is 18.9 Å². The Labute approximate surface area is 67.8 Å². The summed E-state index contributed by atoms with van der Waals surface area (Å²) in [6, 6.07) is 0. The summed E-state index contributed by atoms with van der Waals surface area (Å²) in [6.07, 6.45) is 0.222. The first-order valence-electron chi connectivity index (χ1n) is 4.13. The predicted octanol–water partition coefficient (Wildman–Crippen LogP) is 0.952. The minimum Gasteiger partial charge on any atom is -0.392 e. The Morgan fingerprint density at radius 2 is 2.09 bits per heavy atom. The lowest BCUT2D eigenvalue weighted by Crippen LogP contribution is -2.31. The average molecular weight is 163 g/mol. The van der Waals surface area contributed by atoms with Gasteiger partial charge in [0.05, 0.1) is 12.8 Å². The van der Waals surface area contributed by atoms with Gasteiger partial charge in [0.25, 0.3) is 0 Å². The Morgan fingerprint density at radius 3 is 2.55 bits per heavy atom. The molecule has 0 fully saturated rings. The van der Waals surface area contributed by atoms with Gasteiger partial charge in [0.15, 0.2) is 0 Å². The SMILES string of the molecule is CC(C)C(O)CNCCCF. The highest BCUT2D eigenvalue weighted by Crippen LogP contribution is 1.98. The van der Waals surface area contributed by atoms with Crippen LogP contribution in [0, 0.1) is 5.92 Å². The smallest absolute Gasteiger partial charge is 0.0906 e. The van der Waals surface area contributed by atoms with E-state index >= 15 is 0 Å². The van der Waals surface area contributed by atoms with Crippen LogP contribution < -0.4 is 5.32 Å². The van der Waals surface area contributed by atoms with Gasteiger partial charge < -0.3 is 10.4 Å². The van der Waals surface area contributed by atoms with E-state index < -0.39 is 0 Å². The van der Waals surface area contributed by atoms with Crippen LogP contribution in [0.4, 0.5) is 4.39 Å². The number of rotatable bonds is 6. The Kier molecular flexibility index (Phi) is 6.46. The molecule has 2 N–H and O–H groups in total. The normalized spacial score (nSPS) is 13.9. The number of aliphatic hydroxyl groups excluding tert-OH is 1. The van der Waals surface area contributed by atoms with Crippen LogP contribution in [0.25, 0.3) is 0 Å². The standard InChI is InChI=1S/C8H18FNO/c1-7(2)8(11)6-10-5-3-4-9/h7-8,10-11H,3-6H2,1-2H3. The van der Waals surface area contributed by atoms with E-state index in [0.29, 0.717) is 19.5 Å². The number of alkyl halides is 1. The summed E-state index contributed by atoms with van der Waals surface area (Å²) in [5, 5.41) is 12.2. The summed E-state index contributed by atoms with van der Waals surface area (Å²) in [7, 11) is 0. The van der Waals surface area contributed by atoms with Crippen LogP contribution in [0.3, 0.4) is 0 Å². The number of nitrogens with one attached hydrogen (secondary N) is 1. The molecular formula is C8H18FNO. The van der Waals surface area contributed by atoms with E-state index in [2.05, 4.69) is 5.32 Å². The fraction of sp³-hybridized carbons (Fsp3) is 1.00. The van der Waals surface area contributed by atoms with Crippen LogP contribution in [0.15, 0.2) is 0 Å². The van der Waals surface area contributed by atoms with Gasteiger partial charge in [-0.3, -0.25) is 4.39 Å². The number of hydrogen-bond donors (Lipinski definition) is 2. The highest BCUT2D eigenvalue weighted by Gasteiger charge is 2.06. The van der Waals surface area contributed by atoms with Crippen LogP contribution in [-0.2, 0) is 0 Å². The lowest BCUT2D eigenvalue weighted by molar-refractivity contribution is 0.123. The largest absolute Gasteiger partial charge is 0.392 e. The first-order valence-corrected chi connectivity index (χ1v) is 4.13. The summed E-state index contributed by atoms with van der Waals surface area (Å²) >= 11 is 0. The van der Waals surface area contributed by atoms with Gasteiger partial charge in [-0.25, -0.2) is 0 Å². The molecule has 0 aromatic rings. The maximum absolute atomic E-state index is 11.6. The summed E-state index contributed by atoms with van der Waals surface area (Å²) in [5.41, 5.74) is 0. The second-order valence-electron chi connectivity index (χ2n) is 3.06. The summed E-state index contributed by atoms with van der Waals surface area (Å²) in [6.45, 7) is 4.85. The molecule has 2 nitrogen and oxygen atoms in total. The molecule has 0 spiro atoms. The predicted molar refractivity (Wildman–Crippen MR) is 44.3 cm³/mol. The summed E-state index contributed by atoms with van der Waals surface area (Å²) in [5.74, 6) is 0.271. The second-order valence-corrected chi connectivity index (χ2v) is 3.06. The Balaban J connectivity index is 3.10. The topological polar surface area (TPSA) is 32.3 Å². The molecule has 1 atom stereocenters. The fourth-order valence-corrected chi connectivity index (χ4v) is 0.677.